The number of aliphatic hydroxyl groups is 1. The molecule has 1 aromatic rings. The van der Waals surface area contributed by atoms with Gasteiger partial charge in [-0.3, -0.25) is 0 Å². The first-order chi connectivity index (χ1) is 10.4. The molecule has 2 unspecified atom stereocenters. The topological polar surface area (TPSA) is 55.5 Å². The quantitative estimate of drug-likeness (QED) is 0.723. The van der Waals surface area contributed by atoms with Crippen LogP contribution in [0.5, 0.6) is 5.75 Å². The first-order valence-corrected chi connectivity index (χ1v) is 8.53. The van der Waals surface area contributed by atoms with Crippen LogP contribution in [-0.4, -0.2) is 24.4 Å². The molecule has 0 bridgehead atoms. The van der Waals surface area contributed by atoms with Gasteiger partial charge in [0.2, 0.25) is 0 Å². The van der Waals surface area contributed by atoms with E-state index in [-0.39, 0.29) is 0 Å². The van der Waals surface area contributed by atoms with Gasteiger partial charge < -0.3 is 15.6 Å². The second-order valence-electron chi connectivity index (χ2n) is 6.89. The molecule has 126 valence electrons. The summed E-state index contributed by atoms with van der Waals surface area (Å²) in [4.78, 5) is 0. The summed E-state index contributed by atoms with van der Waals surface area (Å²) in [7, 11) is 0. The van der Waals surface area contributed by atoms with Crippen LogP contribution in [-0.2, 0) is 0 Å². The van der Waals surface area contributed by atoms with Gasteiger partial charge in [-0.15, -0.1) is 0 Å². The molecular weight excluding hydrogens is 274 g/mol. The van der Waals surface area contributed by atoms with Gasteiger partial charge >= 0.3 is 0 Å². The first-order valence-electron chi connectivity index (χ1n) is 8.53. The Morgan fingerprint density at radius 3 is 2.36 bits per heavy atom. The Kier molecular flexibility index (Phi) is 7.91. The summed E-state index contributed by atoms with van der Waals surface area (Å²) in [5, 5.41) is 9.85. The van der Waals surface area contributed by atoms with E-state index in [2.05, 4.69) is 52.8 Å². The van der Waals surface area contributed by atoms with E-state index in [4.69, 9.17) is 10.5 Å². The number of ether oxygens (including phenoxy) is 1. The van der Waals surface area contributed by atoms with E-state index >= 15 is 0 Å². The van der Waals surface area contributed by atoms with E-state index in [1.165, 1.54) is 11.1 Å². The van der Waals surface area contributed by atoms with Crippen LogP contribution in [0, 0.1) is 5.92 Å². The lowest BCUT2D eigenvalue weighted by Gasteiger charge is -2.22. The van der Waals surface area contributed by atoms with Gasteiger partial charge in [-0.25, -0.2) is 0 Å². The summed E-state index contributed by atoms with van der Waals surface area (Å²) in [6.07, 6.45) is 1.29. The van der Waals surface area contributed by atoms with Crippen molar-refractivity contribution in [3.8, 4) is 5.75 Å². The van der Waals surface area contributed by atoms with Crippen LogP contribution in [0.2, 0.25) is 0 Å². The highest BCUT2D eigenvalue weighted by Gasteiger charge is 2.17. The van der Waals surface area contributed by atoms with Gasteiger partial charge in [-0.1, -0.05) is 46.8 Å². The van der Waals surface area contributed by atoms with Crippen molar-refractivity contribution >= 4 is 0 Å². The summed E-state index contributed by atoms with van der Waals surface area (Å²) in [6, 6.07) is 6.47. The van der Waals surface area contributed by atoms with Gasteiger partial charge in [0.1, 0.15) is 5.75 Å². The molecule has 0 fully saturated rings. The van der Waals surface area contributed by atoms with Crippen molar-refractivity contribution in [1.29, 1.82) is 0 Å². The zero-order valence-corrected chi connectivity index (χ0v) is 14.8. The molecule has 3 nitrogen and oxygen atoms in total. The van der Waals surface area contributed by atoms with Crippen LogP contribution in [0.25, 0.3) is 0 Å². The van der Waals surface area contributed by atoms with E-state index in [0.29, 0.717) is 24.3 Å². The Bertz CT molecular complexity index is 443. The molecule has 22 heavy (non-hydrogen) atoms. The molecular formula is C19H33NO2. The lowest BCUT2D eigenvalue weighted by atomic mass is 9.88. The van der Waals surface area contributed by atoms with Gasteiger partial charge in [-0.2, -0.15) is 0 Å². The molecule has 0 aliphatic carbocycles. The maximum absolute atomic E-state index is 9.85. The molecule has 0 saturated heterocycles. The van der Waals surface area contributed by atoms with Crippen LogP contribution >= 0.6 is 0 Å². The number of nitrogens with two attached hydrogens (primary N) is 1. The van der Waals surface area contributed by atoms with Gasteiger partial charge in [-0.05, 0) is 47.8 Å². The highest BCUT2D eigenvalue weighted by molar-refractivity contribution is 5.40. The Morgan fingerprint density at radius 1 is 1.18 bits per heavy atom. The number of hydrogen-bond donors (Lipinski definition) is 2. The molecule has 0 saturated carbocycles. The van der Waals surface area contributed by atoms with Crippen LogP contribution in [0.15, 0.2) is 18.2 Å². The van der Waals surface area contributed by atoms with Crippen LogP contribution in [0.1, 0.15) is 70.4 Å². The number of hydrogen-bond acceptors (Lipinski definition) is 3. The highest BCUT2D eigenvalue weighted by Crippen LogP contribution is 2.33. The third-order valence-corrected chi connectivity index (χ3v) is 4.02. The van der Waals surface area contributed by atoms with Crippen molar-refractivity contribution in [2.75, 3.05) is 13.2 Å². The molecule has 0 spiro atoms. The number of aliphatic hydroxyl groups excluding tert-OH is 1. The summed E-state index contributed by atoms with van der Waals surface area (Å²) in [6.45, 7) is 11.9. The summed E-state index contributed by atoms with van der Waals surface area (Å²) in [5.74, 6) is 2.26. The normalized spacial score (nSPS) is 14.4. The monoisotopic (exact) mass is 307 g/mol. The fourth-order valence-corrected chi connectivity index (χ4v) is 2.62. The molecule has 0 radical (unpaired) electrons. The summed E-state index contributed by atoms with van der Waals surface area (Å²) in [5.41, 5.74) is 8.08. The molecule has 0 aliphatic rings. The van der Waals surface area contributed by atoms with Gasteiger partial charge in [0.25, 0.3) is 0 Å². The van der Waals surface area contributed by atoms with Gasteiger partial charge in [0, 0.05) is 6.54 Å². The Morgan fingerprint density at radius 2 is 1.86 bits per heavy atom. The predicted octanol–water partition coefficient (Wildman–Crippen LogP) is 4.05. The van der Waals surface area contributed by atoms with Crippen molar-refractivity contribution < 1.29 is 9.84 Å². The first kappa shape index (κ1) is 19.0. The second-order valence-corrected chi connectivity index (χ2v) is 6.89. The van der Waals surface area contributed by atoms with Crippen molar-refractivity contribution in [3.63, 3.8) is 0 Å². The summed E-state index contributed by atoms with van der Waals surface area (Å²) < 4.78 is 5.96. The molecule has 0 amide bonds. The molecule has 3 heteroatoms. The van der Waals surface area contributed by atoms with E-state index in [0.717, 1.165) is 25.2 Å². The van der Waals surface area contributed by atoms with Gasteiger partial charge in [0.05, 0.1) is 12.7 Å². The minimum absolute atomic E-state index is 0.323. The zero-order valence-electron chi connectivity index (χ0n) is 14.8. The number of benzene rings is 1. The summed E-state index contributed by atoms with van der Waals surface area (Å²) >= 11 is 0. The van der Waals surface area contributed by atoms with Crippen LogP contribution in [0.3, 0.4) is 0 Å². The van der Waals surface area contributed by atoms with Gasteiger partial charge in [0.15, 0.2) is 0 Å². The molecule has 1 aromatic carbocycles. The van der Waals surface area contributed by atoms with E-state index in [1.54, 1.807) is 0 Å². The third kappa shape index (κ3) is 5.62. The highest BCUT2D eigenvalue weighted by atomic mass is 16.5. The maximum atomic E-state index is 9.85. The van der Waals surface area contributed by atoms with Crippen molar-refractivity contribution in [3.05, 3.63) is 29.3 Å². The van der Waals surface area contributed by atoms with E-state index < -0.39 is 6.10 Å². The Balaban J connectivity index is 2.99. The minimum atomic E-state index is -0.427. The predicted molar refractivity (Wildman–Crippen MR) is 93.6 cm³/mol. The Hall–Kier alpha value is -1.06. The molecule has 0 heterocycles. The van der Waals surface area contributed by atoms with E-state index in [9.17, 15) is 5.11 Å². The molecule has 1 rings (SSSR count). The van der Waals surface area contributed by atoms with Crippen molar-refractivity contribution in [1.82, 2.24) is 0 Å². The molecule has 2 atom stereocenters. The van der Waals surface area contributed by atoms with Crippen LogP contribution in [0.4, 0.5) is 0 Å². The smallest absolute Gasteiger partial charge is 0.122 e. The second kappa shape index (κ2) is 9.16. The van der Waals surface area contributed by atoms with Crippen molar-refractivity contribution in [2.45, 2.75) is 65.4 Å². The minimum Gasteiger partial charge on any atom is -0.493 e. The Labute approximate surface area is 135 Å². The SMILES string of the molecule is CCC(CC(O)CN)c1ccc(OCC(C)C)c(C(C)C)c1. The van der Waals surface area contributed by atoms with Crippen molar-refractivity contribution in [2.24, 2.45) is 11.7 Å². The fraction of sp³-hybridized carbons (Fsp3) is 0.684. The number of rotatable bonds is 9. The fourth-order valence-electron chi connectivity index (χ4n) is 2.62. The molecule has 0 aliphatic heterocycles. The largest absolute Gasteiger partial charge is 0.493 e. The average molecular weight is 307 g/mol. The zero-order chi connectivity index (χ0) is 16.7. The lowest BCUT2D eigenvalue weighted by molar-refractivity contribution is 0.162. The lowest BCUT2D eigenvalue weighted by Crippen LogP contribution is -2.22. The average Bonchev–Trinajstić information content (AvgIpc) is 2.49. The van der Waals surface area contributed by atoms with Crippen LogP contribution < -0.4 is 10.5 Å². The van der Waals surface area contributed by atoms with E-state index in [1.807, 2.05) is 0 Å². The molecule has 3 N–H and O–H groups in total. The third-order valence-electron chi connectivity index (χ3n) is 4.02. The maximum Gasteiger partial charge on any atom is 0.122 e. The standard InChI is InChI=1S/C19H33NO2/c1-6-15(9-17(21)11-20)16-7-8-19(22-12-13(2)3)18(10-16)14(4)5/h7-8,10,13-15,17,21H,6,9,11-12,20H2,1-5H3. The molecule has 0 aromatic heterocycles.